The predicted molar refractivity (Wildman–Crippen MR) is 66.6 cm³/mol. The van der Waals surface area contributed by atoms with Crippen LogP contribution in [0.3, 0.4) is 0 Å². The number of rotatable bonds is 4. The van der Waals surface area contributed by atoms with Crippen molar-refractivity contribution in [2.75, 3.05) is 26.2 Å². The zero-order chi connectivity index (χ0) is 11.5. The van der Waals surface area contributed by atoms with Gasteiger partial charge in [0.2, 0.25) is 0 Å². The van der Waals surface area contributed by atoms with E-state index in [1.807, 2.05) is 0 Å². The third kappa shape index (κ3) is 2.96. The maximum atomic E-state index is 5.65. The first-order chi connectivity index (χ1) is 7.66. The topological polar surface area (TPSA) is 24.5 Å². The molecule has 3 unspecified atom stereocenters. The van der Waals surface area contributed by atoms with E-state index in [0.717, 1.165) is 12.5 Å². The summed E-state index contributed by atoms with van der Waals surface area (Å²) in [6, 6.07) is 1.30. The maximum Gasteiger partial charge on any atom is 0.0703 e. The van der Waals surface area contributed by atoms with E-state index in [4.69, 9.17) is 4.74 Å². The quantitative estimate of drug-likeness (QED) is 0.786. The lowest BCUT2D eigenvalue weighted by molar-refractivity contribution is 0.0817. The van der Waals surface area contributed by atoms with Gasteiger partial charge in [-0.15, -0.1) is 0 Å². The molecule has 2 heterocycles. The molecule has 2 saturated heterocycles. The van der Waals surface area contributed by atoms with Crippen LogP contribution in [0.15, 0.2) is 0 Å². The molecule has 1 N–H and O–H groups in total. The largest absolute Gasteiger partial charge is 0.377 e. The van der Waals surface area contributed by atoms with Crippen LogP contribution in [0.5, 0.6) is 0 Å². The fourth-order valence-corrected chi connectivity index (χ4v) is 2.93. The Morgan fingerprint density at radius 2 is 2.19 bits per heavy atom. The molecule has 2 rings (SSSR count). The Morgan fingerprint density at radius 1 is 1.38 bits per heavy atom. The lowest BCUT2D eigenvalue weighted by Crippen LogP contribution is -2.39. The molecule has 2 aliphatic heterocycles. The Morgan fingerprint density at radius 3 is 2.81 bits per heavy atom. The van der Waals surface area contributed by atoms with Gasteiger partial charge in [0, 0.05) is 25.2 Å². The van der Waals surface area contributed by atoms with Crippen LogP contribution in [0, 0.1) is 5.92 Å². The zero-order valence-electron chi connectivity index (χ0n) is 10.9. The molecule has 3 heteroatoms. The van der Waals surface area contributed by atoms with Crippen molar-refractivity contribution in [3.05, 3.63) is 0 Å². The smallest absolute Gasteiger partial charge is 0.0703 e. The van der Waals surface area contributed by atoms with Crippen LogP contribution in [0.2, 0.25) is 0 Å². The molecule has 3 nitrogen and oxygen atoms in total. The van der Waals surface area contributed by atoms with Gasteiger partial charge in [-0.1, -0.05) is 13.8 Å². The minimum Gasteiger partial charge on any atom is -0.377 e. The normalized spacial score (nSPS) is 36.4. The van der Waals surface area contributed by atoms with Crippen molar-refractivity contribution in [2.45, 2.75) is 51.8 Å². The first kappa shape index (κ1) is 12.3. The Kier molecular flexibility index (Phi) is 4.22. The van der Waals surface area contributed by atoms with E-state index in [-0.39, 0.29) is 0 Å². The maximum absolute atomic E-state index is 5.65. The number of hydrogen-bond donors (Lipinski definition) is 1. The van der Waals surface area contributed by atoms with Gasteiger partial charge < -0.3 is 10.1 Å². The third-order valence-electron chi connectivity index (χ3n) is 3.94. The molecule has 0 spiro atoms. The summed E-state index contributed by atoms with van der Waals surface area (Å²) < 4.78 is 5.65. The molecular weight excluding hydrogens is 200 g/mol. The van der Waals surface area contributed by atoms with Crippen LogP contribution in [0.1, 0.15) is 33.6 Å². The highest BCUT2D eigenvalue weighted by Gasteiger charge is 2.34. The van der Waals surface area contributed by atoms with Gasteiger partial charge in [0.1, 0.15) is 0 Å². The van der Waals surface area contributed by atoms with E-state index < -0.39 is 0 Å². The second-order valence-electron chi connectivity index (χ2n) is 5.64. The second kappa shape index (κ2) is 5.48. The molecule has 0 saturated carbocycles. The Bertz CT molecular complexity index is 220. The summed E-state index contributed by atoms with van der Waals surface area (Å²) in [4.78, 5) is 2.64. The number of hydrogen-bond acceptors (Lipinski definition) is 3. The zero-order valence-corrected chi connectivity index (χ0v) is 10.9. The predicted octanol–water partition coefficient (Wildman–Crippen LogP) is 1.48. The summed E-state index contributed by atoms with van der Waals surface area (Å²) in [7, 11) is 0. The Balaban J connectivity index is 1.74. The second-order valence-corrected chi connectivity index (χ2v) is 5.64. The Hall–Kier alpha value is -0.120. The van der Waals surface area contributed by atoms with Crippen molar-refractivity contribution >= 4 is 0 Å². The minimum absolute atomic E-state index is 0.441. The summed E-state index contributed by atoms with van der Waals surface area (Å²) in [6.45, 7) is 11.3. The molecule has 0 aromatic rings. The van der Waals surface area contributed by atoms with Crippen LogP contribution < -0.4 is 5.32 Å². The first-order valence-corrected chi connectivity index (χ1v) is 6.76. The molecule has 0 amide bonds. The van der Waals surface area contributed by atoms with Crippen molar-refractivity contribution in [3.63, 3.8) is 0 Å². The molecule has 0 aromatic carbocycles. The molecule has 0 bridgehead atoms. The fraction of sp³-hybridized carbons (Fsp3) is 1.00. The third-order valence-corrected chi connectivity index (χ3v) is 3.94. The van der Waals surface area contributed by atoms with Crippen LogP contribution in [0.4, 0.5) is 0 Å². The number of nitrogens with zero attached hydrogens (tertiary/aromatic N) is 1. The summed E-state index contributed by atoms with van der Waals surface area (Å²) in [6.07, 6.45) is 3.02. The Labute approximate surface area is 99.5 Å². The number of likely N-dealkylation sites (tertiary alicyclic amines) is 1. The van der Waals surface area contributed by atoms with E-state index in [2.05, 4.69) is 31.0 Å². The lowest BCUT2D eigenvalue weighted by atomic mass is 10.1. The van der Waals surface area contributed by atoms with Gasteiger partial charge in [0.25, 0.3) is 0 Å². The van der Waals surface area contributed by atoms with E-state index in [0.29, 0.717) is 18.2 Å². The molecule has 94 valence electrons. The number of nitrogens with one attached hydrogen (secondary N) is 1. The number of ether oxygens (including phenoxy) is 1. The summed E-state index contributed by atoms with van der Waals surface area (Å²) in [5.41, 5.74) is 0. The lowest BCUT2D eigenvalue weighted by Gasteiger charge is -2.26. The molecule has 2 fully saturated rings. The van der Waals surface area contributed by atoms with Crippen molar-refractivity contribution in [3.8, 4) is 0 Å². The van der Waals surface area contributed by atoms with Crippen molar-refractivity contribution in [1.82, 2.24) is 10.2 Å². The molecule has 0 aliphatic carbocycles. The summed E-state index contributed by atoms with van der Waals surface area (Å²) in [5.74, 6) is 0.843. The van der Waals surface area contributed by atoms with Gasteiger partial charge in [0.15, 0.2) is 0 Å². The summed E-state index contributed by atoms with van der Waals surface area (Å²) >= 11 is 0. The van der Waals surface area contributed by atoms with E-state index in [1.54, 1.807) is 0 Å². The monoisotopic (exact) mass is 226 g/mol. The summed E-state index contributed by atoms with van der Waals surface area (Å²) in [5, 5.41) is 3.55. The van der Waals surface area contributed by atoms with Crippen molar-refractivity contribution in [2.24, 2.45) is 5.92 Å². The highest BCUT2D eigenvalue weighted by molar-refractivity contribution is 4.88. The van der Waals surface area contributed by atoms with Crippen LogP contribution in [0.25, 0.3) is 0 Å². The average molecular weight is 226 g/mol. The van der Waals surface area contributed by atoms with Gasteiger partial charge >= 0.3 is 0 Å². The highest BCUT2D eigenvalue weighted by Crippen LogP contribution is 2.25. The molecular formula is C13H26N2O. The standard InChI is InChI=1S/C13H26N2O/c1-10(2)14-8-12-4-6-15(9-12)13-5-7-16-11(13)3/h10-14H,4-9H2,1-3H3. The van der Waals surface area contributed by atoms with Gasteiger partial charge in [-0.2, -0.15) is 0 Å². The minimum atomic E-state index is 0.441. The van der Waals surface area contributed by atoms with Gasteiger partial charge in [-0.3, -0.25) is 4.90 Å². The molecule has 0 aromatic heterocycles. The molecule has 0 radical (unpaired) electrons. The molecule has 16 heavy (non-hydrogen) atoms. The van der Waals surface area contributed by atoms with Crippen LogP contribution in [-0.4, -0.2) is 49.3 Å². The van der Waals surface area contributed by atoms with E-state index in [9.17, 15) is 0 Å². The fourth-order valence-electron chi connectivity index (χ4n) is 2.93. The van der Waals surface area contributed by atoms with Gasteiger partial charge in [0.05, 0.1) is 6.10 Å². The van der Waals surface area contributed by atoms with Crippen LogP contribution >= 0.6 is 0 Å². The SMILES string of the molecule is CC(C)NCC1CCN(C2CCOC2C)C1. The van der Waals surface area contributed by atoms with E-state index >= 15 is 0 Å². The van der Waals surface area contributed by atoms with Crippen molar-refractivity contribution in [1.29, 1.82) is 0 Å². The molecule has 2 aliphatic rings. The first-order valence-electron chi connectivity index (χ1n) is 6.76. The van der Waals surface area contributed by atoms with Gasteiger partial charge in [-0.05, 0) is 38.8 Å². The average Bonchev–Trinajstić information content (AvgIpc) is 2.83. The van der Waals surface area contributed by atoms with E-state index in [1.165, 1.54) is 32.5 Å². The van der Waals surface area contributed by atoms with Gasteiger partial charge in [-0.25, -0.2) is 0 Å². The molecule has 3 atom stereocenters. The van der Waals surface area contributed by atoms with Crippen LogP contribution in [-0.2, 0) is 4.74 Å². The van der Waals surface area contributed by atoms with Crippen molar-refractivity contribution < 1.29 is 4.74 Å². The highest BCUT2D eigenvalue weighted by atomic mass is 16.5.